The Kier molecular flexibility index (Phi) is 5.72. The van der Waals surface area contributed by atoms with Gasteiger partial charge in [0.05, 0.1) is 12.7 Å². The van der Waals surface area contributed by atoms with Crippen LogP contribution >= 0.6 is 0 Å². The predicted octanol–water partition coefficient (Wildman–Crippen LogP) is 2.59. The lowest BCUT2D eigenvalue weighted by molar-refractivity contribution is 0.179. The molecule has 0 amide bonds. The second-order valence-corrected chi connectivity index (χ2v) is 3.61. The number of hydrogen-bond donors (Lipinski definition) is 1. The molecule has 0 aliphatic carbocycles. The lowest BCUT2D eigenvalue weighted by Gasteiger charge is -2.18. The van der Waals surface area contributed by atoms with Crippen molar-refractivity contribution >= 4 is 0 Å². The number of ether oxygens (including phenoxy) is 2. The van der Waals surface area contributed by atoms with Gasteiger partial charge in [-0.1, -0.05) is 19.1 Å². The van der Waals surface area contributed by atoms with Crippen LogP contribution in [0.4, 0.5) is 0 Å². The Hall–Kier alpha value is -1.22. The Morgan fingerprint density at radius 3 is 2.44 bits per heavy atom. The Labute approximate surface area is 97.6 Å². The van der Waals surface area contributed by atoms with Crippen molar-refractivity contribution in [2.45, 2.75) is 32.8 Å². The average molecular weight is 223 g/mol. The van der Waals surface area contributed by atoms with Gasteiger partial charge in [0, 0.05) is 0 Å². The maximum absolute atomic E-state index is 5.88. The van der Waals surface area contributed by atoms with Gasteiger partial charge in [0.2, 0.25) is 0 Å². The van der Waals surface area contributed by atoms with E-state index in [-0.39, 0.29) is 6.10 Å². The monoisotopic (exact) mass is 223 g/mol. The molecule has 1 aromatic carbocycles. The molecule has 1 rings (SSSR count). The van der Waals surface area contributed by atoms with E-state index in [4.69, 9.17) is 15.2 Å². The molecule has 0 aliphatic heterocycles. The summed E-state index contributed by atoms with van der Waals surface area (Å²) in [7, 11) is 0. The van der Waals surface area contributed by atoms with Gasteiger partial charge in [-0.15, -0.1) is 0 Å². The van der Waals surface area contributed by atoms with Gasteiger partial charge in [-0.2, -0.15) is 0 Å². The zero-order chi connectivity index (χ0) is 11.8. The minimum atomic E-state index is 0.173. The molecule has 0 aliphatic rings. The van der Waals surface area contributed by atoms with Crippen molar-refractivity contribution in [3.8, 4) is 11.5 Å². The van der Waals surface area contributed by atoms with Crippen molar-refractivity contribution in [2.24, 2.45) is 5.73 Å². The van der Waals surface area contributed by atoms with Gasteiger partial charge in [-0.25, -0.2) is 0 Å². The molecule has 16 heavy (non-hydrogen) atoms. The molecule has 90 valence electrons. The molecule has 0 radical (unpaired) electrons. The molecule has 3 nitrogen and oxygen atoms in total. The van der Waals surface area contributed by atoms with E-state index < -0.39 is 0 Å². The summed E-state index contributed by atoms with van der Waals surface area (Å²) in [5.74, 6) is 1.62. The predicted molar refractivity (Wildman–Crippen MR) is 66.0 cm³/mol. The summed E-state index contributed by atoms with van der Waals surface area (Å²) in [6.07, 6.45) is 2.00. The molecule has 1 unspecified atom stereocenters. The van der Waals surface area contributed by atoms with E-state index in [9.17, 15) is 0 Å². The smallest absolute Gasteiger partial charge is 0.161 e. The Balaban J connectivity index is 2.70. The second kappa shape index (κ2) is 7.12. The van der Waals surface area contributed by atoms with Crippen molar-refractivity contribution < 1.29 is 9.47 Å². The zero-order valence-electron chi connectivity index (χ0n) is 10.1. The van der Waals surface area contributed by atoms with Crippen LogP contribution in [0.1, 0.15) is 26.7 Å². The molecular weight excluding hydrogens is 202 g/mol. The summed E-state index contributed by atoms with van der Waals surface area (Å²) in [5.41, 5.74) is 5.54. The third-order valence-corrected chi connectivity index (χ3v) is 2.39. The van der Waals surface area contributed by atoms with Crippen molar-refractivity contribution in [3.05, 3.63) is 24.3 Å². The van der Waals surface area contributed by atoms with Crippen molar-refractivity contribution in [1.29, 1.82) is 0 Å². The Morgan fingerprint density at radius 1 is 1.19 bits per heavy atom. The first-order valence-electron chi connectivity index (χ1n) is 5.90. The molecule has 0 aromatic heterocycles. The van der Waals surface area contributed by atoms with Gasteiger partial charge in [-0.05, 0) is 38.4 Å². The molecule has 0 fully saturated rings. The molecule has 1 atom stereocenters. The van der Waals surface area contributed by atoms with Crippen LogP contribution in [0, 0.1) is 0 Å². The van der Waals surface area contributed by atoms with E-state index in [2.05, 4.69) is 6.92 Å². The van der Waals surface area contributed by atoms with Crippen LogP contribution in [-0.2, 0) is 0 Å². The highest BCUT2D eigenvalue weighted by Crippen LogP contribution is 2.28. The van der Waals surface area contributed by atoms with Gasteiger partial charge >= 0.3 is 0 Å². The fourth-order valence-electron chi connectivity index (χ4n) is 1.53. The van der Waals surface area contributed by atoms with E-state index >= 15 is 0 Å². The first-order valence-corrected chi connectivity index (χ1v) is 5.90. The normalized spacial score (nSPS) is 12.2. The number of nitrogens with two attached hydrogens (primary N) is 1. The first-order chi connectivity index (χ1) is 7.81. The van der Waals surface area contributed by atoms with Crippen LogP contribution in [0.5, 0.6) is 11.5 Å². The van der Waals surface area contributed by atoms with Gasteiger partial charge in [0.25, 0.3) is 0 Å². The third kappa shape index (κ3) is 3.74. The van der Waals surface area contributed by atoms with Crippen molar-refractivity contribution in [1.82, 2.24) is 0 Å². The molecular formula is C13H21NO2. The quantitative estimate of drug-likeness (QED) is 0.772. The van der Waals surface area contributed by atoms with E-state index in [1.165, 1.54) is 0 Å². The number of para-hydroxylation sites is 2. The maximum atomic E-state index is 5.88. The SMILES string of the molecule is CCOc1ccccc1OC(CC)CCN. The Morgan fingerprint density at radius 2 is 1.88 bits per heavy atom. The highest BCUT2D eigenvalue weighted by Gasteiger charge is 2.10. The van der Waals surface area contributed by atoms with E-state index in [1.54, 1.807) is 0 Å². The van der Waals surface area contributed by atoms with Gasteiger partial charge in [0.15, 0.2) is 11.5 Å². The molecule has 0 saturated carbocycles. The Bertz CT molecular complexity index is 302. The average Bonchev–Trinajstić information content (AvgIpc) is 2.31. The highest BCUT2D eigenvalue weighted by molar-refractivity contribution is 5.39. The van der Waals surface area contributed by atoms with Crippen LogP contribution in [0.2, 0.25) is 0 Å². The number of hydrogen-bond acceptors (Lipinski definition) is 3. The number of benzene rings is 1. The third-order valence-electron chi connectivity index (χ3n) is 2.39. The molecule has 2 N–H and O–H groups in total. The van der Waals surface area contributed by atoms with Crippen LogP contribution in [0.15, 0.2) is 24.3 Å². The number of rotatable bonds is 7. The summed E-state index contributed by atoms with van der Waals surface area (Å²) in [6.45, 7) is 5.36. The molecule has 0 heterocycles. The largest absolute Gasteiger partial charge is 0.490 e. The standard InChI is InChI=1S/C13H21NO2/c1-3-11(9-10-14)16-13-8-6-5-7-12(13)15-4-2/h5-8,11H,3-4,9-10,14H2,1-2H3. The lowest BCUT2D eigenvalue weighted by atomic mass is 10.2. The van der Waals surface area contributed by atoms with Crippen molar-refractivity contribution in [2.75, 3.05) is 13.2 Å². The van der Waals surface area contributed by atoms with Crippen molar-refractivity contribution in [3.63, 3.8) is 0 Å². The minimum Gasteiger partial charge on any atom is -0.490 e. The molecule has 0 bridgehead atoms. The van der Waals surface area contributed by atoms with Crippen LogP contribution < -0.4 is 15.2 Å². The van der Waals surface area contributed by atoms with E-state index in [0.29, 0.717) is 13.2 Å². The van der Waals surface area contributed by atoms with Gasteiger partial charge in [-0.3, -0.25) is 0 Å². The summed E-state index contributed by atoms with van der Waals surface area (Å²) in [5, 5.41) is 0. The first kappa shape index (κ1) is 12.8. The maximum Gasteiger partial charge on any atom is 0.161 e. The molecule has 0 saturated heterocycles. The van der Waals surface area contributed by atoms with Gasteiger partial charge < -0.3 is 15.2 Å². The molecule has 1 aromatic rings. The zero-order valence-corrected chi connectivity index (χ0v) is 10.1. The minimum absolute atomic E-state index is 0.173. The van der Waals surface area contributed by atoms with Gasteiger partial charge in [0.1, 0.15) is 0 Å². The highest BCUT2D eigenvalue weighted by atomic mass is 16.5. The van der Waals surface area contributed by atoms with Crippen LogP contribution in [0.3, 0.4) is 0 Å². The summed E-state index contributed by atoms with van der Waals surface area (Å²) in [4.78, 5) is 0. The van der Waals surface area contributed by atoms with Crippen LogP contribution in [-0.4, -0.2) is 19.3 Å². The lowest BCUT2D eigenvalue weighted by Crippen LogP contribution is -2.20. The van der Waals surface area contributed by atoms with E-state index in [1.807, 2.05) is 31.2 Å². The molecule has 3 heteroatoms. The molecule has 0 spiro atoms. The topological polar surface area (TPSA) is 44.5 Å². The fourth-order valence-corrected chi connectivity index (χ4v) is 1.53. The van der Waals surface area contributed by atoms with E-state index in [0.717, 1.165) is 24.3 Å². The fraction of sp³-hybridized carbons (Fsp3) is 0.538. The summed E-state index contributed by atoms with van der Waals surface area (Å²) < 4.78 is 11.4. The second-order valence-electron chi connectivity index (χ2n) is 3.61. The summed E-state index contributed by atoms with van der Waals surface area (Å²) >= 11 is 0. The van der Waals surface area contributed by atoms with Crippen LogP contribution in [0.25, 0.3) is 0 Å². The summed E-state index contributed by atoms with van der Waals surface area (Å²) in [6, 6.07) is 7.76.